The molecule has 0 bridgehead atoms. The van der Waals surface area contributed by atoms with Crippen molar-refractivity contribution >= 4 is 6.09 Å². The minimum Gasteiger partial charge on any atom is -0.410 e. The Labute approximate surface area is 75.2 Å². The number of aromatic nitrogens is 1. The van der Waals surface area contributed by atoms with E-state index in [9.17, 15) is 4.79 Å². The highest BCUT2D eigenvalue weighted by Crippen LogP contribution is 2.10. The Morgan fingerprint density at radius 3 is 3.08 bits per heavy atom. The molecule has 5 heteroatoms. The van der Waals surface area contributed by atoms with Crippen LogP contribution in [-0.4, -0.2) is 22.8 Å². The molecule has 0 radical (unpaired) electrons. The Morgan fingerprint density at radius 2 is 2.46 bits per heavy atom. The molecule has 0 saturated carbocycles. The molecule has 1 heterocycles. The fourth-order valence-electron chi connectivity index (χ4n) is 0.887. The van der Waals surface area contributed by atoms with Gasteiger partial charge in [0.1, 0.15) is 5.75 Å². The van der Waals surface area contributed by atoms with E-state index in [0.717, 1.165) is 0 Å². The summed E-state index contributed by atoms with van der Waals surface area (Å²) in [6.45, 7) is 0.00697. The first-order chi connectivity index (χ1) is 6.22. The summed E-state index contributed by atoms with van der Waals surface area (Å²) in [5, 5.41) is 8.62. The maximum absolute atomic E-state index is 10.4. The second kappa shape index (κ2) is 4.42. The van der Waals surface area contributed by atoms with Gasteiger partial charge in [0, 0.05) is 31.0 Å². The highest BCUT2D eigenvalue weighted by Gasteiger charge is 2.00. The van der Waals surface area contributed by atoms with Crippen LogP contribution >= 0.6 is 0 Å². The molecule has 0 spiro atoms. The first-order valence-corrected chi connectivity index (χ1v) is 3.75. The molecule has 3 N–H and O–H groups in total. The molecule has 0 unspecified atom stereocenters. The van der Waals surface area contributed by atoms with Crippen molar-refractivity contribution in [3.05, 3.63) is 24.0 Å². The molecular formula is C8H10N2O3. The van der Waals surface area contributed by atoms with Gasteiger partial charge in [-0.05, 0) is 6.07 Å². The van der Waals surface area contributed by atoms with Crippen molar-refractivity contribution in [2.24, 2.45) is 5.73 Å². The van der Waals surface area contributed by atoms with Crippen molar-refractivity contribution in [2.45, 2.75) is 6.42 Å². The minimum atomic E-state index is -0.860. The topological polar surface area (TPSA) is 85.4 Å². The molecule has 0 saturated heterocycles. The van der Waals surface area contributed by atoms with Crippen LogP contribution in [-0.2, 0) is 6.42 Å². The van der Waals surface area contributed by atoms with Gasteiger partial charge in [-0.3, -0.25) is 4.98 Å². The highest BCUT2D eigenvalue weighted by atomic mass is 16.5. The molecule has 5 nitrogen and oxygen atoms in total. The molecule has 13 heavy (non-hydrogen) atoms. The number of hydrogen-bond acceptors (Lipinski definition) is 4. The third-order valence-electron chi connectivity index (χ3n) is 1.37. The Balaban J connectivity index is 2.73. The van der Waals surface area contributed by atoms with Crippen LogP contribution in [0.15, 0.2) is 18.3 Å². The Bertz CT molecular complexity index is 301. The Hall–Kier alpha value is -1.62. The van der Waals surface area contributed by atoms with Crippen LogP contribution in [0.25, 0.3) is 0 Å². The van der Waals surface area contributed by atoms with E-state index in [1.54, 1.807) is 6.07 Å². The number of nitrogens with two attached hydrogens (primary N) is 1. The molecule has 1 amide bonds. The van der Waals surface area contributed by atoms with E-state index in [2.05, 4.69) is 9.72 Å². The number of pyridine rings is 1. The van der Waals surface area contributed by atoms with E-state index in [-0.39, 0.29) is 6.61 Å². The average molecular weight is 182 g/mol. The summed E-state index contributed by atoms with van der Waals surface area (Å²) in [7, 11) is 0. The van der Waals surface area contributed by atoms with Gasteiger partial charge in [-0.2, -0.15) is 0 Å². The van der Waals surface area contributed by atoms with Gasteiger partial charge >= 0.3 is 6.09 Å². The van der Waals surface area contributed by atoms with Crippen LogP contribution < -0.4 is 10.5 Å². The summed E-state index contributed by atoms with van der Waals surface area (Å²) in [6.07, 6.45) is 1.06. The second-order valence-electron chi connectivity index (χ2n) is 2.38. The lowest BCUT2D eigenvalue weighted by Gasteiger charge is -2.01. The fraction of sp³-hybridized carbons (Fsp3) is 0.250. The lowest BCUT2D eigenvalue weighted by molar-refractivity contribution is 0.211. The van der Waals surface area contributed by atoms with Crippen LogP contribution in [0, 0.1) is 0 Å². The molecular weight excluding hydrogens is 172 g/mol. The Morgan fingerprint density at radius 1 is 1.69 bits per heavy atom. The van der Waals surface area contributed by atoms with Crippen molar-refractivity contribution in [1.82, 2.24) is 4.98 Å². The van der Waals surface area contributed by atoms with E-state index < -0.39 is 6.09 Å². The average Bonchev–Trinajstić information content (AvgIpc) is 2.04. The fourth-order valence-corrected chi connectivity index (χ4v) is 0.887. The predicted octanol–water partition coefficient (Wildman–Crippen LogP) is 0.0739. The standard InChI is InChI=1S/C8H10N2O3/c9-8(12)13-7-1-3-10-6(5-7)2-4-11/h1,3,5,11H,2,4H2,(H2,9,12). The molecule has 0 aromatic carbocycles. The number of carbonyl (C=O) groups is 1. The Kier molecular flexibility index (Phi) is 3.22. The quantitative estimate of drug-likeness (QED) is 0.692. The number of primary amides is 1. The van der Waals surface area contributed by atoms with Crippen LogP contribution in [0.4, 0.5) is 4.79 Å². The van der Waals surface area contributed by atoms with Crippen molar-refractivity contribution in [3.63, 3.8) is 0 Å². The van der Waals surface area contributed by atoms with Crippen molar-refractivity contribution in [2.75, 3.05) is 6.61 Å². The van der Waals surface area contributed by atoms with E-state index in [1.807, 2.05) is 0 Å². The van der Waals surface area contributed by atoms with Gasteiger partial charge in [0.05, 0.1) is 0 Å². The summed E-state index contributed by atoms with van der Waals surface area (Å²) < 4.78 is 4.62. The molecule has 0 aliphatic heterocycles. The van der Waals surface area contributed by atoms with E-state index in [4.69, 9.17) is 10.8 Å². The monoisotopic (exact) mass is 182 g/mol. The van der Waals surface area contributed by atoms with Crippen molar-refractivity contribution in [3.8, 4) is 5.75 Å². The van der Waals surface area contributed by atoms with Crippen molar-refractivity contribution < 1.29 is 14.6 Å². The van der Waals surface area contributed by atoms with Crippen LogP contribution in [0.3, 0.4) is 0 Å². The lowest BCUT2D eigenvalue weighted by atomic mass is 10.3. The van der Waals surface area contributed by atoms with Gasteiger partial charge in [0.25, 0.3) is 0 Å². The number of carbonyl (C=O) groups excluding carboxylic acids is 1. The van der Waals surface area contributed by atoms with Gasteiger partial charge in [-0.15, -0.1) is 0 Å². The first-order valence-electron chi connectivity index (χ1n) is 3.75. The number of aliphatic hydroxyl groups excluding tert-OH is 1. The van der Waals surface area contributed by atoms with Crippen molar-refractivity contribution in [1.29, 1.82) is 0 Å². The second-order valence-corrected chi connectivity index (χ2v) is 2.38. The predicted molar refractivity (Wildman–Crippen MR) is 45.2 cm³/mol. The van der Waals surface area contributed by atoms with Gasteiger partial charge in [-0.25, -0.2) is 4.79 Å². The third-order valence-corrected chi connectivity index (χ3v) is 1.37. The zero-order valence-electron chi connectivity index (χ0n) is 6.93. The SMILES string of the molecule is NC(=O)Oc1ccnc(CCO)c1. The van der Waals surface area contributed by atoms with Crippen LogP contribution in [0.1, 0.15) is 5.69 Å². The lowest BCUT2D eigenvalue weighted by Crippen LogP contribution is -2.16. The molecule has 0 atom stereocenters. The number of amides is 1. The molecule has 1 rings (SSSR count). The minimum absolute atomic E-state index is 0.00697. The summed E-state index contributed by atoms with van der Waals surface area (Å²) in [6, 6.07) is 3.08. The maximum Gasteiger partial charge on any atom is 0.409 e. The van der Waals surface area contributed by atoms with Gasteiger partial charge in [0.2, 0.25) is 0 Å². The summed E-state index contributed by atoms with van der Waals surface area (Å²) in [5.41, 5.74) is 5.47. The van der Waals surface area contributed by atoms with Crippen LogP contribution in [0.5, 0.6) is 5.75 Å². The van der Waals surface area contributed by atoms with E-state index in [0.29, 0.717) is 17.9 Å². The molecule has 0 fully saturated rings. The maximum atomic E-state index is 10.4. The zero-order chi connectivity index (χ0) is 9.68. The van der Waals surface area contributed by atoms with E-state index in [1.165, 1.54) is 12.3 Å². The smallest absolute Gasteiger partial charge is 0.409 e. The van der Waals surface area contributed by atoms with Gasteiger partial charge < -0.3 is 15.6 Å². The number of ether oxygens (including phenoxy) is 1. The number of rotatable bonds is 3. The summed E-state index contributed by atoms with van der Waals surface area (Å²) in [5.74, 6) is 0.339. The molecule has 1 aromatic rings. The summed E-state index contributed by atoms with van der Waals surface area (Å²) >= 11 is 0. The largest absolute Gasteiger partial charge is 0.410 e. The molecule has 1 aromatic heterocycles. The normalized spacial score (nSPS) is 9.62. The number of nitrogens with zero attached hydrogens (tertiary/aromatic N) is 1. The van der Waals surface area contributed by atoms with E-state index >= 15 is 0 Å². The zero-order valence-corrected chi connectivity index (χ0v) is 6.93. The summed E-state index contributed by atoms with van der Waals surface area (Å²) in [4.78, 5) is 14.3. The van der Waals surface area contributed by atoms with Gasteiger partial charge in [0.15, 0.2) is 0 Å². The molecule has 0 aliphatic carbocycles. The first kappa shape index (κ1) is 9.47. The third kappa shape index (κ3) is 3.08. The number of hydrogen-bond donors (Lipinski definition) is 2. The number of aliphatic hydroxyl groups is 1. The highest BCUT2D eigenvalue weighted by molar-refractivity contribution is 5.67. The molecule has 0 aliphatic rings. The van der Waals surface area contributed by atoms with Crippen LogP contribution in [0.2, 0.25) is 0 Å². The van der Waals surface area contributed by atoms with Gasteiger partial charge in [-0.1, -0.05) is 0 Å². The molecule has 70 valence electrons.